The fourth-order valence-corrected chi connectivity index (χ4v) is 4.80. The van der Waals surface area contributed by atoms with Gasteiger partial charge in [-0.3, -0.25) is 9.10 Å². The van der Waals surface area contributed by atoms with E-state index in [-0.39, 0.29) is 23.3 Å². The molecule has 3 aromatic rings. The van der Waals surface area contributed by atoms with E-state index in [0.717, 1.165) is 22.3 Å². The van der Waals surface area contributed by atoms with Crippen LogP contribution in [0.5, 0.6) is 0 Å². The molecule has 0 aromatic heterocycles. The van der Waals surface area contributed by atoms with E-state index in [2.05, 4.69) is 5.32 Å². The smallest absolute Gasteiger partial charge is 0.264 e. The Bertz CT molecular complexity index is 1170. The third kappa shape index (κ3) is 5.56. The van der Waals surface area contributed by atoms with Crippen LogP contribution in [0.1, 0.15) is 35.1 Å². The first-order chi connectivity index (χ1) is 15.2. The molecule has 3 rings (SSSR count). The molecule has 5 nitrogen and oxygen atoms in total. The number of nitrogens with zero attached hydrogens (tertiary/aromatic N) is 1. The van der Waals surface area contributed by atoms with Crippen LogP contribution < -0.4 is 9.62 Å². The molecule has 0 aliphatic heterocycles. The average molecular weight is 451 g/mol. The first-order valence-electron chi connectivity index (χ1n) is 10.7. The van der Waals surface area contributed by atoms with Crippen LogP contribution in [0.15, 0.2) is 77.7 Å². The zero-order valence-corrected chi connectivity index (χ0v) is 19.8. The van der Waals surface area contributed by atoms with Gasteiger partial charge in [0.1, 0.15) is 6.54 Å². The van der Waals surface area contributed by atoms with Crippen LogP contribution in [0.25, 0.3) is 0 Å². The summed E-state index contributed by atoms with van der Waals surface area (Å²) in [5.74, 6) is -0.231. The highest BCUT2D eigenvalue weighted by Gasteiger charge is 2.27. The number of amides is 1. The predicted octanol–water partition coefficient (Wildman–Crippen LogP) is 4.73. The van der Waals surface area contributed by atoms with E-state index in [9.17, 15) is 13.2 Å². The minimum absolute atomic E-state index is 0.115. The van der Waals surface area contributed by atoms with Crippen molar-refractivity contribution < 1.29 is 13.2 Å². The van der Waals surface area contributed by atoms with Crippen LogP contribution in [0.2, 0.25) is 0 Å². The van der Waals surface area contributed by atoms with Gasteiger partial charge in [-0.05, 0) is 67.6 Å². The van der Waals surface area contributed by atoms with Crippen LogP contribution in [-0.4, -0.2) is 27.4 Å². The van der Waals surface area contributed by atoms with E-state index >= 15 is 0 Å². The summed E-state index contributed by atoms with van der Waals surface area (Å²) >= 11 is 0. The lowest BCUT2D eigenvalue weighted by Gasteiger charge is -2.25. The molecule has 0 saturated carbocycles. The van der Waals surface area contributed by atoms with Gasteiger partial charge in [-0.25, -0.2) is 8.42 Å². The zero-order valence-electron chi connectivity index (χ0n) is 19.0. The average Bonchev–Trinajstić information content (AvgIpc) is 2.78. The van der Waals surface area contributed by atoms with Gasteiger partial charge in [0, 0.05) is 6.54 Å². The zero-order chi connectivity index (χ0) is 23.3. The van der Waals surface area contributed by atoms with E-state index in [4.69, 9.17) is 0 Å². The monoisotopic (exact) mass is 450 g/mol. The largest absolute Gasteiger partial charge is 0.354 e. The van der Waals surface area contributed by atoms with Crippen LogP contribution in [0.4, 0.5) is 5.69 Å². The van der Waals surface area contributed by atoms with Crippen molar-refractivity contribution in [1.82, 2.24) is 5.32 Å². The summed E-state index contributed by atoms with van der Waals surface area (Å²) in [5, 5.41) is 2.89. The third-order valence-electron chi connectivity index (χ3n) is 5.65. The highest BCUT2D eigenvalue weighted by Crippen LogP contribution is 2.26. The normalized spacial score (nSPS) is 12.2. The molecule has 1 amide bonds. The molecule has 0 spiro atoms. The summed E-state index contributed by atoms with van der Waals surface area (Å²) in [6.45, 7) is 7.96. The summed E-state index contributed by atoms with van der Waals surface area (Å²) in [6, 6.07) is 22.0. The van der Waals surface area contributed by atoms with Gasteiger partial charge >= 0.3 is 0 Å². The Morgan fingerprint density at radius 1 is 0.906 bits per heavy atom. The summed E-state index contributed by atoms with van der Waals surface area (Å²) in [7, 11) is -3.91. The van der Waals surface area contributed by atoms with Crippen molar-refractivity contribution in [3.63, 3.8) is 0 Å². The maximum Gasteiger partial charge on any atom is 0.264 e. The maximum atomic E-state index is 13.5. The molecule has 0 fully saturated rings. The molecule has 0 bridgehead atoms. The molecule has 0 aliphatic rings. The molecule has 0 saturated heterocycles. The number of benzene rings is 3. The molecule has 0 unspecified atom stereocenters. The molecule has 0 aliphatic carbocycles. The molecule has 3 aromatic carbocycles. The molecule has 1 atom stereocenters. The Kier molecular flexibility index (Phi) is 7.36. The van der Waals surface area contributed by atoms with E-state index < -0.39 is 10.0 Å². The van der Waals surface area contributed by atoms with Crippen LogP contribution >= 0.6 is 0 Å². The van der Waals surface area contributed by atoms with Gasteiger partial charge in [0.25, 0.3) is 10.0 Å². The number of rotatable bonds is 8. The maximum absolute atomic E-state index is 13.5. The summed E-state index contributed by atoms with van der Waals surface area (Å²) in [4.78, 5) is 13.0. The molecule has 32 heavy (non-hydrogen) atoms. The molecular formula is C26H30N2O3S. The summed E-state index contributed by atoms with van der Waals surface area (Å²) < 4.78 is 28.1. The number of hydrogen-bond acceptors (Lipinski definition) is 3. The molecule has 6 heteroatoms. The third-order valence-corrected chi connectivity index (χ3v) is 7.44. The molecule has 1 N–H and O–H groups in total. The number of carbonyl (C=O) groups is 1. The number of anilines is 1. The summed E-state index contributed by atoms with van der Waals surface area (Å²) in [6.07, 6.45) is 0. The van der Waals surface area contributed by atoms with E-state index in [1.807, 2.05) is 64.1 Å². The Labute approximate surface area is 191 Å². The second-order valence-corrected chi connectivity index (χ2v) is 10.1. The molecule has 0 heterocycles. The first kappa shape index (κ1) is 23.5. The van der Waals surface area contributed by atoms with Gasteiger partial charge < -0.3 is 5.32 Å². The first-order valence-corrected chi connectivity index (χ1v) is 12.1. The number of hydrogen-bond donors (Lipinski definition) is 1. The molecule has 168 valence electrons. The van der Waals surface area contributed by atoms with Crippen molar-refractivity contribution in [2.24, 2.45) is 0 Å². The van der Waals surface area contributed by atoms with E-state index in [0.29, 0.717) is 12.2 Å². The Hall–Kier alpha value is -3.12. The minimum Gasteiger partial charge on any atom is -0.354 e. The van der Waals surface area contributed by atoms with Crippen LogP contribution in [0, 0.1) is 20.8 Å². The Morgan fingerprint density at radius 2 is 1.56 bits per heavy atom. The minimum atomic E-state index is -3.91. The fraction of sp³-hybridized carbons (Fsp3) is 0.269. The second kappa shape index (κ2) is 10.0. The van der Waals surface area contributed by atoms with Crippen molar-refractivity contribution in [3.05, 3.63) is 95.1 Å². The summed E-state index contributed by atoms with van der Waals surface area (Å²) in [5.41, 5.74) is 4.58. The number of aryl methyl sites for hydroxylation is 3. The highest BCUT2D eigenvalue weighted by atomic mass is 32.2. The van der Waals surface area contributed by atoms with Crippen molar-refractivity contribution in [2.75, 3.05) is 17.4 Å². The van der Waals surface area contributed by atoms with Crippen molar-refractivity contribution in [2.45, 2.75) is 38.5 Å². The lowest BCUT2D eigenvalue weighted by Crippen LogP contribution is -2.41. The number of sulfonamides is 1. The fourth-order valence-electron chi connectivity index (χ4n) is 3.39. The van der Waals surface area contributed by atoms with Gasteiger partial charge in [0.2, 0.25) is 5.91 Å². The van der Waals surface area contributed by atoms with Crippen molar-refractivity contribution >= 4 is 21.6 Å². The number of carbonyl (C=O) groups excluding carboxylic acids is 1. The Morgan fingerprint density at radius 3 is 2.19 bits per heavy atom. The van der Waals surface area contributed by atoms with Crippen molar-refractivity contribution in [3.8, 4) is 0 Å². The number of nitrogens with one attached hydrogen (secondary N) is 1. The van der Waals surface area contributed by atoms with E-state index in [1.54, 1.807) is 36.4 Å². The lowest BCUT2D eigenvalue weighted by atomic mass is 10.0. The lowest BCUT2D eigenvalue weighted by molar-refractivity contribution is -0.119. The molecular weight excluding hydrogens is 420 g/mol. The quantitative estimate of drug-likeness (QED) is 0.540. The SMILES string of the molecule is Cc1ccc(S(=O)(=O)N(CC(=O)NC[C@@H](C)c2ccccc2)c2ccc(C)c(C)c2)cc1. The van der Waals surface area contributed by atoms with Gasteiger partial charge in [-0.2, -0.15) is 0 Å². The van der Waals surface area contributed by atoms with Gasteiger partial charge in [-0.1, -0.05) is 61.0 Å². The Balaban J connectivity index is 1.84. The van der Waals surface area contributed by atoms with Crippen molar-refractivity contribution in [1.29, 1.82) is 0 Å². The predicted molar refractivity (Wildman–Crippen MR) is 129 cm³/mol. The molecule has 0 radical (unpaired) electrons. The second-order valence-electron chi connectivity index (χ2n) is 8.21. The standard InChI is InChI=1S/C26H30N2O3S/c1-19-10-14-25(15-11-19)32(30,31)28(24-13-12-20(2)21(3)16-24)18-26(29)27-17-22(4)23-8-6-5-7-9-23/h5-16,22H,17-18H2,1-4H3,(H,27,29)/t22-/m1/s1. The van der Waals surface area contributed by atoms with Gasteiger partial charge in [0.05, 0.1) is 10.6 Å². The van der Waals surface area contributed by atoms with E-state index in [1.165, 1.54) is 4.31 Å². The topological polar surface area (TPSA) is 66.5 Å². The van der Waals surface area contributed by atoms with Gasteiger partial charge in [0.15, 0.2) is 0 Å². The van der Waals surface area contributed by atoms with Crippen LogP contribution in [0.3, 0.4) is 0 Å². The highest BCUT2D eigenvalue weighted by molar-refractivity contribution is 7.92. The van der Waals surface area contributed by atoms with Gasteiger partial charge in [-0.15, -0.1) is 0 Å². The van der Waals surface area contributed by atoms with Crippen LogP contribution in [-0.2, 0) is 14.8 Å².